The fourth-order valence-corrected chi connectivity index (χ4v) is 12.7. The summed E-state index contributed by atoms with van der Waals surface area (Å²) in [7, 11) is 0. The smallest absolute Gasteiger partial charge is 0.0235 e. The minimum absolute atomic E-state index is 0.559. The molecule has 0 N–H and O–H groups in total. The molecule has 0 spiro atoms. The lowest BCUT2D eigenvalue weighted by Crippen LogP contribution is -2.65. The van der Waals surface area contributed by atoms with Gasteiger partial charge < -0.3 is 0 Å². The van der Waals surface area contributed by atoms with Crippen molar-refractivity contribution in [2.24, 2.45) is 62.6 Å². The Hall–Kier alpha value is 0. The molecule has 0 aromatic rings. The summed E-state index contributed by atoms with van der Waals surface area (Å²) >= 11 is 0. The fraction of sp³-hybridized carbons (Fsp3) is 1.00. The van der Waals surface area contributed by atoms with Gasteiger partial charge >= 0.3 is 0 Å². The van der Waals surface area contributed by atoms with Crippen LogP contribution in [0.2, 0.25) is 0 Å². The Labute approximate surface area is 201 Å². The molecule has 0 bridgehead atoms. The van der Waals surface area contributed by atoms with Crippen molar-refractivity contribution < 1.29 is 0 Å². The quantitative estimate of drug-likeness (QED) is 0.409. The first-order valence-electron chi connectivity index (χ1n) is 14.9. The average molecular weight is 441 g/mol. The molecule has 32 heavy (non-hydrogen) atoms. The maximum atomic E-state index is 2.83. The van der Waals surface area contributed by atoms with Crippen molar-refractivity contribution >= 4 is 0 Å². The van der Waals surface area contributed by atoms with Gasteiger partial charge in [-0.1, -0.05) is 74.7 Å². The number of hydrogen-bond donors (Lipinski definition) is 0. The Balaban J connectivity index is 1.48. The van der Waals surface area contributed by atoms with Crippen LogP contribution in [0.15, 0.2) is 0 Å². The van der Waals surface area contributed by atoms with Crippen LogP contribution >= 0.6 is 0 Å². The summed E-state index contributed by atoms with van der Waals surface area (Å²) in [6.45, 7) is 21.4. The van der Waals surface area contributed by atoms with Gasteiger partial charge in [-0.3, -0.25) is 0 Å². The predicted octanol–water partition coefficient (Wildman–Crippen LogP) is 9.91. The monoisotopic (exact) mass is 440 g/mol. The standard InChI is InChI=1S/C32H56/c1-9-11-22(2)23-14-19-29(5)24(23)15-20-31(7)26(29)12-13-27-30(6)18-10-17-28(3,4)25(30)16-21-32(27,31)8/h22-27H,9-21H2,1-8H3/t22-,23-,24-,25+,26-,27-,29+,30+,31-,32-/m1/s1. The zero-order valence-corrected chi connectivity index (χ0v) is 23.2. The van der Waals surface area contributed by atoms with Gasteiger partial charge in [0.05, 0.1) is 0 Å². The van der Waals surface area contributed by atoms with Gasteiger partial charge in [0.1, 0.15) is 0 Å². The molecule has 5 aliphatic carbocycles. The second-order valence-electron chi connectivity index (χ2n) is 15.6. The predicted molar refractivity (Wildman–Crippen MR) is 139 cm³/mol. The normalized spacial score (nSPS) is 55.3. The summed E-state index contributed by atoms with van der Waals surface area (Å²) < 4.78 is 0. The van der Waals surface area contributed by atoms with Crippen LogP contribution in [0.3, 0.4) is 0 Å². The second kappa shape index (κ2) is 7.50. The molecule has 0 amide bonds. The van der Waals surface area contributed by atoms with Gasteiger partial charge in [0.15, 0.2) is 0 Å². The zero-order chi connectivity index (χ0) is 23.2. The zero-order valence-electron chi connectivity index (χ0n) is 23.2. The largest absolute Gasteiger partial charge is 0.0654 e. The minimum atomic E-state index is 0.559. The van der Waals surface area contributed by atoms with Gasteiger partial charge in [-0.25, -0.2) is 0 Å². The molecule has 5 saturated carbocycles. The topological polar surface area (TPSA) is 0 Å². The SMILES string of the molecule is CCC[C@@H](C)[C@H]1CC[C@@]2(C)[C@@H]1CC[C@]1(C)[C@@H]2CC[C@@H]2[C@@]3(C)CCCC(C)(C)[C@@H]3CC[C@]21C. The molecule has 0 nitrogen and oxygen atoms in total. The summed E-state index contributed by atoms with van der Waals surface area (Å²) in [5.74, 6) is 5.88. The van der Waals surface area contributed by atoms with E-state index in [0.717, 1.165) is 35.5 Å². The van der Waals surface area contributed by atoms with Crippen LogP contribution in [0.25, 0.3) is 0 Å². The van der Waals surface area contributed by atoms with Crippen LogP contribution in [0.4, 0.5) is 0 Å². The lowest BCUT2D eigenvalue weighted by molar-refractivity contribution is -0.241. The highest BCUT2D eigenvalue weighted by atomic mass is 14.7. The van der Waals surface area contributed by atoms with Crippen molar-refractivity contribution in [1.82, 2.24) is 0 Å². The van der Waals surface area contributed by atoms with Crippen molar-refractivity contribution in [2.75, 3.05) is 0 Å². The van der Waals surface area contributed by atoms with Crippen molar-refractivity contribution in [2.45, 2.75) is 139 Å². The van der Waals surface area contributed by atoms with E-state index in [-0.39, 0.29) is 0 Å². The Morgan fingerprint density at radius 3 is 1.94 bits per heavy atom. The van der Waals surface area contributed by atoms with E-state index < -0.39 is 0 Å². The van der Waals surface area contributed by atoms with Gasteiger partial charge in [-0.2, -0.15) is 0 Å². The molecule has 0 unspecified atom stereocenters. The molecule has 0 heteroatoms. The van der Waals surface area contributed by atoms with Crippen molar-refractivity contribution in [3.05, 3.63) is 0 Å². The van der Waals surface area contributed by atoms with E-state index in [4.69, 9.17) is 0 Å². The highest BCUT2D eigenvalue weighted by Crippen LogP contribution is 2.78. The molecule has 5 fully saturated rings. The van der Waals surface area contributed by atoms with E-state index in [9.17, 15) is 0 Å². The molecule has 10 atom stereocenters. The third-order valence-electron chi connectivity index (χ3n) is 14.2. The summed E-state index contributed by atoms with van der Waals surface area (Å²) in [5, 5.41) is 0. The Bertz CT molecular complexity index is 720. The molecule has 5 rings (SSSR count). The van der Waals surface area contributed by atoms with Crippen LogP contribution in [0.1, 0.15) is 139 Å². The van der Waals surface area contributed by atoms with E-state index in [1.54, 1.807) is 6.42 Å². The third-order valence-corrected chi connectivity index (χ3v) is 14.2. The van der Waals surface area contributed by atoms with Gasteiger partial charge in [-0.15, -0.1) is 0 Å². The van der Waals surface area contributed by atoms with Crippen LogP contribution in [-0.2, 0) is 0 Å². The summed E-state index contributed by atoms with van der Waals surface area (Å²) in [5.41, 5.74) is 2.91. The van der Waals surface area contributed by atoms with Gasteiger partial charge in [0.2, 0.25) is 0 Å². The van der Waals surface area contributed by atoms with Crippen molar-refractivity contribution in [1.29, 1.82) is 0 Å². The average Bonchev–Trinajstić information content (AvgIpc) is 3.05. The highest BCUT2D eigenvalue weighted by Gasteiger charge is 2.70. The van der Waals surface area contributed by atoms with Gasteiger partial charge in [-0.05, 0) is 127 Å². The van der Waals surface area contributed by atoms with Crippen LogP contribution in [-0.4, -0.2) is 0 Å². The van der Waals surface area contributed by atoms with Crippen molar-refractivity contribution in [3.8, 4) is 0 Å². The van der Waals surface area contributed by atoms with E-state index >= 15 is 0 Å². The molecular formula is C32H56. The summed E-state index contributed by atoms with van der Waals surface area (Å²) in [6.07, 6.45) is 19.5. The van der Waals surface area contributed by atoms with Crippen molar-refractivity contribution in [3.63, 3.8) is 0 Å². The van der Waals surface area contributed by atoms with Crippen LogP contribution in [0.5, 0.6) is 0 Å². The van der Waals surface area contributed by atoms with Crippen LogP contribution < -0.4 is 0 Å². The number of rotatable bonds is 3. The molecule has 0 saturated heterocycles. The Kier molecular flexibility index (Phi) is 5.56. The lowest BCUT2D eigenvalue weighted by atomic mass is 9.32. The summed E-state index contributed by atoms with van der Waals surface area (Å²) in [4.78, 5) is 0. The van der Waals surface area contributed by atoms with Gasteiger partial charge in [0, 0.05) is 0 Å². The molecule has 5 aliphatic rings. The first-order chi connectivity index (χ1) is 14.9. The first-order valence-corrected chi connectivity index (χ1v) is 14.9. The maximum absolute atomic E-state index is 2.83. The summed E-state index contributed by atoms with van der Waals surface area (Å²) in [6, 6.07) is 0. The molecule has 184 valence electrons. The molecule has 0 radical (unpaired) electrons. The van der Waals surface area contributed by atoms with E-state index in [0.29, 0.717) is 27.1 Å². The van der Waals surface area contributed by atoms with Gasteiger partial charge in [0.25, 0.3) is 0 Å². The Morgan fingerprint density at radius 1 is 0.656 bits per heavy atom. The lowest BCUT2D eigenvalue weighted by Gasteiger charge is -2.73. The van der Waals surface area contributed by atoms with E-state index in [1.807, 2.05) is 0 Å². The van der Waals surface area contributed by atoms with Crippen LogP contribution in [0, 0.1) is 62.6 Å². The minimum Gasteiger partial charge on any atom is -0.0654 e. The maximum Gasteiger partial charge on any atom is -0.0235 e. The fourth-order valence-electron chi connectivity index (χ4n) is 12.7. The first kappa shape index (κ1) is 23.7. The Morgan fingerprint density at radius 2 is 1.28 bits per heavy atom. The molecule has 0 aromatic carbocycles. The van der Waals surface area contributed by atoms with E-state index in [1.165, 1.54) is 77.0 Å². The number of fused-ring (bicyclic) bond motifs is 7. The molecule has 0 aliphatic heterocycles. The molecule has 0 aromatic heterocycles. The number of hydrogen-bond acceptors (Lipinski definition) is 0. The molecule has 0 heterocycles. The second-order valence-corrected chi connectivity index (χ2v) is 15.6. The van der Waals surface area contributed by atoms with E-state index in [2.05, 4.69) is 55.4 Å². The highest BCUT2D eigenvalue weighted by molar-refractivity contribution is 5.19. The third kappa shape index (κ3) is 2.92. The molecular weight excluding hydrogens is 384 g/mol.